The molecule has 1 fully saturated rings. The molecule has 1 aliphatic rings. The van der Waals surface area contributed by atoms with Gasteiger partial charge in [-0.2, -0.15) is 0 Å². The number of ether oxygens (including phenoxy) is 2. The van der Waals surface area contributed by atoms with Gasteiger partial charge in [-0.25, -0.2) is 0 Å². The van der Waals surface area contributed by atoms with Gasteiger partial charge in [0, 0.05) is 22.1 Å². The summed E-state index contributed by atoms with van der Waals surface area (Å²) in [7, 11) is 0. The number of hydrogen-bond donors (Lipinski definition) is 1. The van der Waals surface area contributed by atoms with Gasteiger partial charge in [-0.3, -0.25) is 0 Å². The van der Waals surface area contributed by atoms with E-state index in [9.17, 15) is 0 Å². The lowest BCUT2D eigenvalue weighted by Crippen LogP contribution is -2.19. The molecule has 3 nitrogen and oxygen atoms in total. The van der Waals surface area contributed by atoms with Gasteiger partial charge in [-0.1, -0.05) is 27.5 Å². The van der Waals surface area contributed by atoms with E-state index in [-0.39, 0.29) is 6.10 Å². The van der Waals surface area contributed by atoms with Crippen molar-refractivity contribution in [1.29, 1.82) is 0 Å². The molecule has 0 aliphatic carbocycles. The van der Waals surface area contributed by atoms with E-state index in [2.05, 4.69) is 21.2 Å². The van der Waals surface area contributed by atoms with Crippen molar-refractivity contribution >= 4 is 27.5 Å². The number of rotatable bonds is 4. The van der Waals surface area contributed by atoms with Crippen LogP contribution in [0.1, 0.15) is 6.42 Å². The van der Waals surface area contributed by atoms with E-state index < -0.39 is 0 Å². The summed E-state index contributed by atoms with van der Waals surface area (Å²) in [4.78, 5) is 0. The molecule has 1 atom stereocenters. The van der Waals surface area contributed by atoms with Crippen molar-refractivity contribution in [3.05, 3.63) is 52.0 Å². The SMILES string of the molecule is Clc1ccc(OC2CCNC2)c(Oc2ccc(Br)cc2)c1. The zero-order chi connectivity index (χ0) is 14.7. The van der Waals surface area contributed by atoms with Gasteiger partial charge in [0.15, 0.2) is 11.5 Å². The predicted molar refractivity (Wildman–Crippen MR) is 87.6 cm³/mol. The molecule has 2 aromatic carbocycles. The average Bonchev–Trinajstić information content (AvgIpc) is 2.97. The topological polar surface area (TPSA) is 30.5 Å². The summed E-state index contributed by atoms with van der Waals surface area (Å²) in [5.41, 5.74) is 0. The van der Waals surface area contributed by atoms with Crippen LogP contribution in [0.5, 0.6) is 17.2 Å². The second-order valence-electron chi connectivity index (χ2n) is 4.88. The second kappa shape index (κ2) is 6.69. The minimum atomic E-state index is 0.179. The van der Waals surface area contributed by atoms with E-state index in [4.69, 9.17) is 21.1 Å². The molecule has 0 aromatic heterocycles. The van der Waals surface area contributed by atoms with Crippen molar-refractivity contribution in [1.82, 2.24) is 5.32 Å². The maximum Gasteiger partial charge on any atom is 0.170 e. The Hall–Kier alpha value is -1.23. The number of halogens is 2. The summed E-state index contributed by atoms with van der Waals surface area (Å²) in [6, 6.07) is 13.1. The van der Waals surface area contributed by atoms with Crippen molar-refractivity contribution in [3.63, 3.8) is 0 Å². The number of hydrogen-bond acceptors (Lipinski definition) is 3. The first kappa shape index (κ1) is 14.7. The monoisotopic (exact) mass is 367 g/mol. The van der Waals surface area contributed by atoms with Gasteiger partial charge in [-0.15, -0.1) is 0 Å². The number of benzene rings is 2. The van der Waals surface area contributed by atoms with Crippen molar-refractivity contribution in [3.8, 4) is 17.2 Å². The largest absolute Gasteiger partial charge is 0.485 e. The van der Waals surface area contributed by atoms with Crippen LogP contribution in [0.2, 0.25) is 5.02 Å². The molecule has 1 saturated heterocycles. The van der Waals surface area contributed by atoms with Crippen LogP contribution < -0.4 is 14.8 Å². The molecule has 0 spiro atoms. The predicted octanol–water partition coefficient (Wildman–Crippen LogP) is 4.64. The Morgan fingerprint density at radius 1 is 1.10 bits per heavy atom. The first-order valence-electron chi connectivity index (χ1n) is 6.81. The van der Waals surface area contributed by atoms with Crippen LogP contribution in [-0.4, -0.2) is 19.2 Å². The zero-order valence-electron chi connectivity index (χ0n) is 11.3. The summed E-state index contributed by atoms with van der Waals surface area (Å²) in [5, 5.41) is 3.91. The fourth-order valence-electron chi connectivity index (χ4n) is 2.20. The lowest BCUT2D eigenvalue weighted by Gasteiger charge is -2.16. The minimum Gasteiger partial charge on any atom is -0.485 e. The molecule has 1 heterocycles. The van der Waals surface area contributed by atoms with E-state index in [0.717, 1.165) is 35.5 Å². The Balaban J connectivity index is 1.81. The number of nitrogens with one attached hydrogen (secondary N) is 1. The Bertz CT molecular complexity index is 612. The minimum absolute atomic E-state index is 0.179. The van der Waals surface area contributed by atoms with Crippen LogP contribution in [0.3, 0.4) is 0 Å². The third-order valence-corrected chi connectivity index (χ3v) is 4.02. The normalized spacial score (nSPS) is 17.7. The Morgan fingerprint density at radius 2 is 1.90 bits per heavy atom. The molecule has 21 heavy (non-hydrogen) atoms. The first-order chi connectivity index (χ1) is 10.2. The van der Waals surface area contributed by atoms with Crippen LogP contribution in [0, 0.1) is 0 Å². The molecule has 0 bridgehead atoms. The molecule has 1 N–H and O–H groups in total. The molecular formula is C16H15BrClNO2. The van der Waals surface area contributed by atoms with Crippen molar-refractivity contribution in [2.75, 3.05) is 13.1 Å². The summed E-state index contributed by atoms with van der Waals surface area (Å²) in [6.07, 6.45) is 1.18. The molecule has 0 amide bonds. The van der Waals surface area contributed by atoms with Crippen molar-refractivity contribution in [2.45, 2.75) is 12.5 Å². The first-order valence-corrected chi connectivity index (χ1v) is 7.98. The maximum atomic E-state index is 6.07. The van der Waals surface area contributed by atoms with E-state index in [0.29, 0.717) is 10.8 Å². The average molecular weight is 369 g/mol. The highest BCUT2D eigenvalue weighted by molar-refractivity contribution is 9.10. The molecule has 0 radical (unpaired) electrons. The van der Waals surface area contributed by atoms with E-state index in [1.54, 1.807) is 6.07 Å². The molecule has 1 unspecified atom stereocenters. The second-order valence-corrected chi connectivity index (χ2v) is 6.23. The lowest BCUT2D eigenvalue weighted by atomic mass is 10.3. The summed E-state index contributed by atoms with van der Waals surface area (Å²) >= 11 is 9.48. The van der Waals surface area contributed by atoms with Gasteiger partial charge in [0.2, 0.25) is 0 Å². The fraction of sp³-hybridized carbons (Fsp3) is 0.250. The quantitative estimate of drug-likeness (QED) is 0.853. The summed E-state index contributed by atoms with van der Waals surface area (Å²) in [5.74, 6) is 2.10. The van der Waals surface area contributed by atoms with Gasteiger partial charge in [-0.05, 0) is 49.4 Å². The molecule has 0 saturated carbocycles. The molecule has 1 aliphatic heterocycles. The van der Waals surface area contributed by atoms with Crippen LogP contribution in [-0.2, 0) is 0 Å². The van der Waals surface area contributed by atoms with Crippen LogP contribution in [0.25, 0.3) is 0 Å². The van der Waals surface area contributed by atoms with Crippen LogP contribution in [0.15, 0.2) is 46.9 Å². The van der Waals surface area contributed by atoms with Gasteiger partial charge < -0.3 is 14.8 Å². The third-order valence-electron chi connectivity index (χ3n) is 3.26. The van der Waals surface area contributed by atoms with Gasteiger partial charge in [0.25, 0.3) is 0 Å². The Kier molecular flexibility index (Phi) is 4.68. The zero-order valence-corrected chi connectivity index (χ0v) is 13.7. The molecule has 5 heteroatoms. The molecule has 3 rings (SSSR count). The lowest BCUT2D eigenvalue weighted by molar-refractivity contribution is 0.215. The highest BCUT2D eigenvalue weighted by Gasteiger charge is 2.18. The van der Waals surface area contributed by atoms with Gasteiger partial charge in [0.05, 0.1) is 0 Å². The molecule has 2 aromatic rings. The summed E-state index contributed by atoms with van der Waals surface area (Å²) in [6.45, 7) is 1.85. The summed E-state index contributed by atoms with van der Waals surface area (Å²) < 4.78 is 12.9. The van der Waals surface area contributed by atoms with Crippen LogP contribution in [0.4, 0.5) is 0 Å². The van der Waals surface area contributed by atoms with Crippen LogP contribution >= 0.6 is 27.5 Å². The highest BCUT2D eigenvalue weighted by atomic mass is 79.9. The molecule has 110 valence electrons. The Labute approximate surface area is 137 Å². The third kappa shape index (κ3) is 3.90. The smallest absolute Gasteiger partial charge is 0.170 e. The highest BCUT2D eigenvalue weighted by Crippen LogP contribution is 2.35. The van der Waals surface area contributed by atoms with Gasteiger partial charge in [0.1, 0.15) is 11.9 Å². The van der Waals surface area contributed by atoms with Crippen molar-refractivity contribution in [2.24, 2.45) is 0 Å². The van der Waals surface area contributed by atoms with Gasteiger partial charge >= 0.3 is 0 Å². The molecular weight excluding hydrogens is 354 g/mol. The fourth-order valence-corrected chi connectivity index (χ4v) is 2.62. The Morgan fingerprint density at radius 3 is 2.62 bits per heavy atom. The van der Waals surface area contributed by atoms with E-state index >= 15 is 0 Å². The van der Waals surface area contributed by atoms with Crippen molar-refractivity contribution < 1.29 is 9.47 Å². The van der Waals surface area contributed by atoms with E-state index in [1.807, 2.05) is 36.4 Å². The standard InChI is InChI=1S/C16H15BrClNO2/c17-11-1-4-13(5-2-11)20-16-9-12(18)3-6-15(16)21-14-7-8-19-10-14/h1-6,9,14,19H,7-8,10H2. The maximum absolute atomic E-state index is 6.07. The van der Waals surface area contributed by atoms with E-state index in [1.165, 1.54) is 0 Å².